The highest BCUT2D eigenvalue weighted by Gasteiger charge is 2.09. The first-order valence-electron chi connectivity index (χ1n) is 7.49. The van der Waals surface area contributed by atoms with Crippen LogP contribution in [-0.2, 0) is 11.2 Å². The summed E-state index contributed by atoms with van der Waals surface area (Å²) in [7, 11) is 0. The van der Waals surface area contributed by atoms with E-state index in [9.17, 15) is 4.79 Å². The van der Waals surface area contributed by atoms with E-state index >= 15 is 0 Å². The molecule has 22 heavy (non-hydrogen) atoms. The van der Waals surface area contributed by atoms with Gasteiger partial charge in [0.25, 0.3) is 0 Å². The van der Waals surface area contributed by atoms with Crippen molar-refractivity contribution in [1.82, 2.24) is 4.98 Å². The molecule has 4 heteroatoms. The van der Waals surface area contributed by atoms with Crippen molar-refractivity contribution in [2.75, 3.05) is 5.32 Å². The van der Waals surface area contributed by atoms with Gasteiger partial charge in [0.15, 0.2) is 5.58 Å². The molecule has 3 aromatic rings. The highest BCUT2D eigenvalue weighted by Crippen LogP contribution is 2.26. The Morgan fingerprint density at radius 3 is 2.59 bits per heavy atom. The number of carbonyl (C=O) groups is 1. The molecule has 0 aliphatic carbocycles. The first kappa shape index (κ1) is 14.3. The molecule has 1 amide bonds. The number of hydrogen-bond donors (Lipinski definition) is 1. The molecule has 0 fully saturated rings. The maximum absolute atomic E-state index is 11.4. The van der Waals surface area contributed by atoms with Gasteiger partial charge in [-0.15, -0.1) is 0 Å². The van der Waals surface area contributed by atoms with E-state index in [2.05, 4.69) is 29.4 Å². The number of aryl methyl sites for hydroxylation is 1. The second-order valence-electron chi connectivity index (χ2n) is 5.15. The zero-order valence-corrected chi connectivity index (χ0v) is 12.7. The van der Waals surface area contributed by atoms with Crippen molar-refractivity contribution in [2.24, 2.45) is 0 Å². The van der Waals surface area contributed by atoms with Gasteiger partial charge in [0.1, 0.15) is 5.52 Å². The van der Waals surface area contributed by atoms with E-state index in [1.807, 2.05) is 37.3 Å². The zero-order valence-electron chi connectivity index (χ0n) is 12.7. The Bertz CT molecular complexity index is 804. The lowest BCUT2D eigenvalue weighted by molar-refractivity contribution is -0.115. The average molecular weight is 294 g/mol. The van der Waals surface area contributed by atoms with Crippen molar-refractivity contribution >= 4 is 22.7 Å². The van der Waals surface area contributed by atoms with E-state index < -0.39 is 0 Å². The highest BCUT2D eigenvalue weighted by atomic mass is 16.3. The molecule has 4 nitrogen and oxygen atoms in total. The summed E-state index contributed by atoms with van der Waals surface area (Å²) in [6.07, 6.45) is 1.44. The second-order valence-corrected chi connectivity index (χ2v) is 5.15. The second kappa shape index (κ2) is 6.02. The Morgan fingerprint density at radius 2 is 1.91 bits per heavy atom. The fraction of sp³-hybridized carbons (Fsp3) is 0.222. The number of rotatable bonds is 4. The van der Waals surface area contributed by atoms with Crippen LogP contribution in [0.1, 0.15) is 25.8 Å². The van der Waals surface area contributed by atoms with Crippen LogP contribution in [0.15, 0.2) is 46.9 Å². The molecule has 0 saturated heterocycles. The van der Waals surface area contributed by atoms with Crippen LogP contribution in [0, 0.1) is 0 Å². The third-order valence-electron chi connectivity index (χ3n) is 3.60. The summed E-state index contributed by atoms with van der Waals surface area (Å²) in [6.45, 7) is 3.94. The molecule has 112 valence electrons. The summed E-state index contributed by atoms with van der Waals surface area (Å²) < 4.78 is 5.80. The van der Waals surface area contributed by atoms with Gasteiger partial charge in [0.2, 0.25) is 11.8 Å². The number of benzene rings is 2. The molecule has 0 aliphatic heterocycles. The van der Waals surface area contributed by atoms with Gasteiger partial charge in [-0.3, -0.25) is 4.79 Å². The van der Waals surface area contributed by atoms with Crippen molar-refractivity contribution in [2.45, 2.75) is 26.7 Å². The highest BCUT2D eigenvalue weighted by molar-refractivity contribution is 5.90. The number of fused-ring (bicyclic) bond motifs is 1. The molecular formula is C18H18N2O2. The standard InChI is InChI=1S/C18H18N2O2/c1-3-12-5-10-16-15(11-12)20-18(22-16)13-6-8-14(9-7-13)19-17(21)4-2/h5-11H,3-4H2,1-2H3,(H,19,21). The van der Waals surface area contributed by atoms with Crippen molar-refractivity contribution < 1.29 is 9.21 Å². The topological polar surface area (TPSA) is 55.1 Å². The van der Waals surface area contributed by atoms with Crippen LogP contribution in [0.5, 0.6) is 0 Å². The largest absolute Gasteiger partial charge is 0.436 e. The van der Waals surface area contributed by atoms with E-state index in [1.54, 1.807) is 0 Å². The maximum atomic E-state index is 11.4. The third kappa shape index (κ3) is 2.86. The molecule has 1 N–H and O–H groups in total. The Hall–Kier alpha value is -2.62. The van der Waals surface area contributed by atoms with E-state index in [1.165, 1.54) is 5.56 Å². The van der Waals surface area contributed by atoms with Crippen LogP contribution in [0.3, 0.4) is 0 Å². The number of amides is 1. The number of hydrogen-bond acceptors (Lipinski definition) is 3. The minimum Gasteiger partial charge on any atom is -0.436 e. The van der Waals surface area contributed by atoms with Gasteiger partial charge in [-0.25, -0.2) is 4.98 Å². The molecular weight excluding hydrogens is 276 g/mol. The van der Waals surface area contributed by atoms with Gasteiger partial charge in [0, 0.05) is 17.7 Å². The minimum absolute atomic E-state index is 0.00158. The smallest absolute Gasteiger partial charge is 0.227 e. The number of anilines is 1. The van der Waals surface area contributed by atoms with Gasteiger partial charge in [-0.2, -0.15) is 0 Å². The fourth-order valence-electron chi connectivity index (χ4n) is 2.26. The molecule has 0 unspecified atom stereocenters. The van der Waals surface area contributed by atoms with Crippen molar-refractivity contribution in [3.05, 3.63) is 48.0 Å². The molecule has 2 aromatic carbocycles. The van der Waals surface area contributed by atoms with E-state index in [4.69, 9.17) is 4.42 Å². The maximum Gasteiger partial charge on any atom is 0.227 e. The molecule has 0 atom stereocenters. The molecule has 0 bridgehead atoms. The summed E-state index contributed by atoms with van der Waals surface area (Å²) in [4.78, 5) is 15.9. The quantitative estimate of drug-likeness (QED) is 0.775. The van der Waals surface area contributed by atoms with Crippen LogP contribution in [0.25, 0.3) is 22.6 Å². The normalized spacial score (nSPS) is 10.8. The van der Waals surface area contributed by atoms with Crippen molar-refractivity contribution in [1.29, 1.82) is 0 Å². The molecule has 1 heterocycles. The summed E-state index contributed by atoms with van der Waals surface area (Å²) in [5, 5.41) is 2.82. The van der Waals surface area contributed by atoms with Gasteiger partial charge in [0.05, 0.1) is 0 Å². The lowest BCUT2D eigenvalue weighted by Crippen LogP contribution is -2.08. The number of aromatic nitrogens is 1. The molecule has 0 radical (unpaired) electrons. The lowest BCUT2D eigenvalue weighted by Gasteiger charge is -2.03. The lowest BCUT2D eigenvalue weighted by atomic mass is 10.1. The van der Waals surface area contributed by atoms with E-state index in [0.29, 0.717) is 12.3 Å². The Morgan fingerprint density at radius 1 is 1.14 bits per heavy atom. The minimum atomic E-state index is 0.00158. The van der Waals surface area contributed by atoms with Crippen LogP contribution >= 0.6 is 0 Å². The summed E-state index contributed by atoms with van der Waals surface area (Å²) >= 11 is 0. The van der Waals surface area contributed by atoms with Gasteiger partial charge < -0.3 is 9.73 Å². The molecule has 1 aromatic heterocycles. The monoisotopic (exact) mass is 294 g/mol. The number of nitrogens with one attached hydrogen (secondary N) is 1. The Balaban J connectivity index is 1.88. The van der Waals surface area contributed by atoms with Gasteiger partial charge in [-0.1, -0.05) is 19.9 Å². The van der Waals surface area contributed by atoms with Crippen molar-refractivity contribution in [3.8, 4) is 11.5 Å². The Labute approximate surface area is 129 Å². The molecule has 0 saturated carbocycles. The molecule has 0 spiro atoms. The predicted molar refractivity (Wildman–Crippen MR) is 87.7 cm³/mol. The van der Waals surface area contributed by atoms with E-state index in [-0.39, 0.29) is 5.91 Å². The third-order valence-corrected chi connectivity index (χ3v) is 3.60. The number of oxazole rings is 1. The van der Waals surface area contributed by atoms with Gasteiger partial charge in [-0.05, 0) is 48.4 Å². The SMILES string of the molecule is CCC(=O)Nc1ccc(-c2nc3cc(CC)ccc3o2)cc1. The first-order chi connectivity index (χ1) is 10.7. The molecule has 3 rings (SSSR count). The predicted octanol–water partition coefficient (Wildman–Crippen LogP) is 4.41. The molecule has 0 aliphatic rings. The summed E-state index contributed by atoms with van der Waals surface area (Å²) in [5.74, 6) is 0.596. The van der Waals surface area contributed by atoms with Gasteiger partial charge >= 0.3 is 0 Å². The van der Waals surface area contributed by atoms with Crippen LogP contribution in [0.2, 0.25) is 0 Å². The average Bonchev–Trinajstić information content (AvgIpc) is 2.98. The van der Waals surface area contributed by atoms with E-state index in [0.717, 1.165) is 28.8 Å². The number of nitrogens with zero attached hydrogens (tertiary/aromatic N) is 1. The summed E-state index contributed by atoms with van der Waals surface area (Å²) in [6, 6.07) is 13.6. The number of carbonyl (C=O) groups excluding carboxylic acids is 1. The van der Waals surface area contributed by atoms with Crippen LogP contribution in [-0.4, -0.2) is 10.9 Å². The summed E-state index contributed by atoms with van der Waals surface area (Å²) in [5.41, 5.74) is 4.57. The van der Waals surface area contributed by atoms with Crippen LogP contribution in [0.4, 0.5) is 5.69 Å². The Kier molecular flexibility index (Phi) is 3.92. The zero-order chi connectivity index (χ0) is 15.5. The fourth-order valence-corrected chi connectivity index (χ4v) is 2.26. The van der Waals surface area contributed by atoms with Crippen LogP contribution < -0.4 is 5.32 Å². The first-order valence-corrected chi connectivity index (χ1v) is 7.49. The van der Waals surface area contributed by atoms with Crippen molar-refractivity contribution in [3.63, 3.8) is 0 Å².